The predicted molar refractivity (Wildman–Crippen MR) is 59.6 cm³/mol. The van der Waals surface area contributed by atoms with Crippen LogP contribution in [0, 0.1) is 11.3 Å². The molecule has 0 aromatic carbocycles. The van der Waals surface area contributed by atoms with Crippen molar-refractivity contribution in [2.45, 2.75) is 32.7 Å². The van der Waals surface area contributed by atoms with Crippen molar-refractivity contribution in [3.63, 3.8) is 0 Å². The number of carboxylic acid groups (broad SMARTS) is 1. The maximum atomic E-state index is 10.7. The van der Waals surface area contributed by atoms with Crippen molar-refractivity contribution in [2.75, 3.05) is 20.1 Å². The van der Waals surface area contributed by atoms with Crippen LogP contribution < -0.4 is 5.73 Å². The molecule has 15 heavy (non-hydrogen) atoms. The van der Waals surface area contributed by atoms with E-state index in [9.17, 15) is 4.79 Å². The Balaban J connectivity index is 2.58. The average Bonchev–Trinajstić information content (AvgIpc) is 2.48. The van der Waals surface area contributed by atoms with Gasteiger partial charge in [-0.05, 0) is 31.3 Å². The van der Waals surface area contributed by atoms with Gasteiger partial charge in [0.2, 0.25) is 0 Å². The van der Waals surface area contributed by atoms with E-state index in [2.05, 4.69) is 11.9 Å². The molecule has 0 bridgehead atoms. The number of nitrogens with two attached hydrogens (primary N) is 1. The van der Waals surface area contributed by atoms with Gasteiger partial charge < -0.3 is 15.7 Å². The zero-order valence-electron chi connectivity index (χ0n) is 9.86. The first kappa shape index (κ1) is 12.5. The maximum Gasteiger partial charge on any atom is 0.303 e. The minimum absolute atomic E-state index is 0.0291. The van der Waals surface area contributed by atoms with Gasteiger partial charge in [0.05, 0.1) is 6.42 Å². The van der Waals surface area contributed by atoms with Gasteiger partial charge in [0.1, 0.15) is 0 Å². The fourth-order valence-corrected chi connectivity index (χ4v) is 2.41. The van der Waals surface area contributed by atoms with E-state index in [1.807, 2.05) is 13.8 Å². The van der Waals surface area contributed by atoms with Crippen LogP contribution in [0.15, 0.2) is 0 Å². The summed E-state index contributed by atoms with van der Waals surface area (Å²) >= 11 is 0. The normalized spacial score (nSPS) is 25.5. The second kappa shape index (κ2) is 4.49. The van der Waals surface area contributed by atoms with Crippen LogP contribution in [-0.2, 0) is 4.79 Å². The number of likely N-dealkylation sites (tertiary alicyclic amines) is 1. The van der Waals surface area contributed by atoms with E-state index in [1.165, 1.54) is 0 Å². The fourth-order valence-electron chi connectivity index (χ4n) is 2.41. The van der Waals surface area contributed by atoms with Crippen molar-refractivity contribution in [1.29, 1.82) is 0 Å². The van der Waals surface area contributed by atoms with Crippen LogP contribution in [0.25, 0.3) is 0 Å². The lowest BCUT2D eigenvalue weighted by Crippen LogP contribution is -2.45. The Morgan fingerprint density at radius 3 is 2.67 bits per heavy atom. The molecule has 0 radical (unpaired) electrons. The van der Waals surface area contributed by atoms with Crippen LogP contribution in [0.2, 0.25) is 0 Å². The van der Waals surface area contributed by atoms with Crippen molar-refractivity contribution in [1.82, 2.24) is 4.90 Å². The summed E-state index contributed by atoms with van der Waals surface area (Å²) in [4.78, 5) is 13.0. The zero-order valence-corrected chi connectivity index (χ0v) is 9.86. The topological polar surface area (TPSA) is 66.6 Å². The highest BCUT2D eigenvalue weighted by Crippen LogP contribution is 2.32. The molecule has 1 aliphatic heterocycles. The van der Waals surface area contributed by atoms with E-state index in [0.29, 0.717) is 5.92 Å². The SMILES string of the molecule is CN1CCC(C(N)C(C)(C)CC(=O)O)C1. The van der Waals surface area contributed by atoms with Crippen LogP contribution in [0.4, 0.5) is 0 Å². The predicted octanol–water partition coefficient (Wildman–Crippen LogP) is 0.766. The van der Waals surface area contributed by atoms with E-state index < -0.39 is 5.97 Å². The number of carbonyl (C=O) groups is 1. The minimum atomic E-state index is -0.762. The Hall–Kier alpha value is -0.610. The van der Waals surface area contributed by atoms with E-state index in [1.54, 1.807) is 0 Å². The Kier molecular flexibility index (Phi) is 3.73. The molecule has 2 unspecified atom stereocenters. The molecular weight excluding hydrogens is 192 g/mol. The van der Waals surface area contributed by atoms with Gasteiger partial charge in [-0.1, -0.05) is 13.8 Å². The third-order valence-electron chi connectivity index (χ3n) is 3.44. The first-order chi connectivity index (χ1) is 6.83. The molecule has 0 saturated carbocycles. The Bertz CT molecular complexity index is 241. The Labute approximate surface area is 91.4 Å². The third kappa shape index (κ3) is 3.18. The Morgan fingerprint density at radius 1 is 1.67 bits per heavy atom. The number of hydrogen-bond donors (Lipinski definition) is 2. The van der Waals surface area contributed by atoms with Gasteiger partial charge in [0, 0.05) is 12.6 Å². The van der Waals surface area contributed by atoms with Crippen molar-refractivity contribution in [3.8, 4) is 0 Å². The van der Waals surface area contributed by atoms with Gasteiger partial charge in [-0.2, -0.15) is 0 Å². The lowest BCUT2D eigenvalue weighted by molar-refractivity contribution is -0.139. The first-order valence-electron chi connectivity index (χ1n) is 5.49. The summed E-state index contributed by atoms with van der Waals surface area (Å²) in [6.45, 7) is 5.96. The molecule has 1 heterocycles. The molecule has 1 aliphatic rings. The lowest BCUT2D eigenvalue weighted by atomic mass is 9.75. The first-order valence-corrected chi connectivity index (χ1v) is 5.49. The lowest BCUT2D eigenvalue weighted by Gasteiger charge is -2.34. The second-order valence-electron chi connectivity index (χ2n) is 5.40. The molecule has 4 nitrogen and oxygen atoms in total. The van der Waals surface area contributed by atoms with E-state index in [-0.39, 0.29) is 17.9 Å². The molecule has 2 atom stereocenters. The molecule has 0 aromatic heterocycles. The molecule has 1 saturated heterocycles. The highest BCUT2D eigenvalue weighted by atomic mass is 16.4. The van der Waals surface area contributed by atoms with E-state index >= 15 is 0 Å². The zero-order chi connectivity index (χ0) is 11.6. The summed E-state index contributed by atoms with van der Waals surface area (Å²) < 4.78 is 0. The molecule has 4 heteroatoms. The van der Waals surface area contributed by atoms with Gasteiger partial charge >= 0.3 is 5.97 Å². The van der Waals surface area contributed by atoms with Crippen molar-refractivity contribution < 1.29 is 9.90 Å². The van der Waals surface area contributed by atoms with Crippen LogP contribution in [0.3, 0.4) is 0 Å². The fraction of sp³-hybridized carbons (Fsp3) is 0.909. The number of rotatable bonds is 4. The third-order valence-corrected chi connectivity index (χ3v) is 3.44. The van der Waals surface area contributed by atoms with Gasteiger partial charge in [-0.25, -0.2) is 0 Å². The standard InChI is InChI=1S/C11H22N2O2/c1-11(2,6-9(14)15)10(12)8-4-5-13(3)7-8/h8,10H,4-7,12H2,1-3H3,(H,14,15). The minimum Gasteiger partial charge on any atom is -0.481 e. The average molecular weight is 214 g/mol. The molecule has 1 fully saturated rings. The van der Waals surface area contributed by atoms with Gasteiger partial charge in [0.15, 0.2) is 0 Å². The monoisotopic (exact) mass is 214 g/mol. The van der Waals surface area contributed by atoms with E-state index in [0.717, 1.165) is 19.5 Å². The second-order valence-corrected chi connectivity index (χ2v) is 5.40. The number of aliphatic carboxylic acids is 1. The van der Waals surface area contributed by atoms with E-state index in [4.69, 9.17) is 10.8 Å². The summed E-state index contributed by atoms with van der Waals surface area (Å²) in [6.07, 6.45) is 1.23. The van der Waals surface area contributed by atoms with Crippen LogP contribution in [0.1, 0.15) is 26.7 Å². The number of hydrogen-bond acceptors (Lipinski definition) is 3. The highest BCUT2D eigenvalue weighted by molar-refractivity contribution is 5.67. The Morgan fingerprint density at radius 2 is 2.27 bits per heavy atom. The quantitative estimate of drug-likeness (QED) is 0.725. The van der Waals surface area contributed by atoms with Crippen molar-refractivity contribution in [2.24, 2.45) is 17.1 Å². The largest absolute Gasteiger partial charge is 0.481 e. The van der Waals surface area contributed by atoms with Crippen molar-refractivity contribution in [3.05, 3.63) is 0 Å². The summed E-state index contributed by atoms with van der Waals surface area (Å²) in [5.41, 5.74) is 5.86. The summed E-state index contributed by atoms with van der Waals surface area (Å²) in [6, 6.07) is -0.0291. The van der Waals surface area contributed by atoms with Gasteiger partial charge in [0.25, 0.3) is 0 Å². The molecule has 1 rings (SSSR count). The smallest absolute Gasteiger partial charge is 0.303 e. The maximum absolute atomic E-state index is 10.7. The summed E-state index contributed by atoms with van der Waals surface area (Å²) in [7, 11) is 2.08. The molecule has 3 N–H and O–H groups in total. The summed E-state index contributed by atoms with van der Waals surface area (Å²) in [5, 5.41) is 8.83. The molecule has 0 spiro atoms. The molecule has 0 aliphatic carbocycles. The molecular formula is C11H22N2O2. The molecule has 88 valence electrons. The van der Waals surface area contributed by atoms with Gasteiger partial charge in [-0.15, -0.1) is 0 Å². The number of carboxylic acids is 1. The van der Waals surface area contributed by atoms with Crippen molar-refractivity contribution >= 4 is 5.97 Å². The number of nitrogens with zero attached hydrogens (tertiary/aromatic N) is 1. The van der Waals surface area contributed by atoms with Crippen LogP contribution in [0.5, 0.6) is 0 Å². The molecule has 0 aromatic rings. The highest BCUT2D eigenvalue weighted by Gasteiger charge is 2.36. The molecule has 0 amide bonds. The van der Waals surface area contributed by atoms with Crippen LogP contribution in [-0.4, -0.2) is 42.2 Å². The van der Waals surface area contributed by atoms with Gasteiger partial charge in [-0.3, -0.25) is 4.79 Å². The van der Waals surface area contributed by atoms with Crippen LogP contribution >= 0.6 is 0 Å². The summed E-state index contributed by atoms with van der Waals surface area (Å²) in [5.74, 6) is -0.328.